The second kappa shape index (κ2) is 11.3. The second-order valence-corrected chi connectivity index (χ2v) is 7.86. The number of anilines is 1. The molecule has 0 amide bonds. The normalized spacial score (nSPS) is 15.7. The van der Waals surface area contributed by atoms with Crippen molar-refractivity contribution in [2.45, 2.75) is 38.7 Å². The van der Waals surface area contributed by atoms with Crippen LogP contribution in [0.5, 0.6) is 5.75 Å². The molecule has 2 aromatic rings. The van der Waals surface area contributed by atoms with Crippen molar-refractivity contribution in [2.75, 3.05) is 19.1 Å². The van der Waals surface area contributed by atoms with Crippen LogP contribution in [0, 0.1) is 11.3 Å². The molecule has 0 fully saturated rings. The molecule has 0 aliphatic carbocycles. The van der Waals surface area contributed by atoms with Gasteiger partial charge in [-0.1, -0.05) is 56.3 Å². The lowest BCUT2D eigenvalue weighted by molar-refractivity contribution is -0.139. The Kier molecular flexibility index (Phi) is 8.16. The second-order valence-electron chi connectivity index (χ2n) is 7.86. The smallest absolute Gasteiger partial charge is 0.355 e. The van der Waals surface area contributed by atoms with Crippen molar-refractivity contribution in [3.63, 3.8) is 0 Å². The van der Waals surface area contributed by atoms with Crippen LogP contribution in [0.25, 0.3) is 0 Å². The van der Waals surface area contributed by atoms with Crippen LogP contribution in [0.1, 0.15) is 38.2 Å². The zero-order valence-electron chi connectivity index (χ0n) is 20.3. The first-order chi connectivity index (χ1) is 16.9. The van der Waals surface area contributed by atoms with E-state index in [1.54, 1.807) is 48.5 Å². The lowest BCUT2D eigenvalue weighted by atomic mass is 9.81. The van der Waals surface area contributed by atoms with E-state index in [1.165, 1.54) is 19.1 Å². The van der Waals surface area contributed by atoms with E-state index in [0.29, 0.717) is 17.0 Å². The van der Waals surface area contributed by atoms with Crippen LogP contribution in [0.3, 0.4) is 0 Å². The number of benzene rings is 2. The van der Waals surface area contributed by atoms with Gasteiger partial charge in [0.1, 0.15) is 17.3 Å². The minimum absolute atomic E-state index is 0.00463. The zero-order valence-corrected chi connectivity index (χ0v) is 20.3. The predicted octanol–water partition coefficient (Wildman–Crippen LogP) is 4.15. The summed E-state index contributed by atoms with van der Waals surface area (Å²) in [5.74, 6) is -2.06. The molecule has 0 aromatic heterocycles. The Balaban J connectivity index is 2.38. The monoisotopic (exact) mass is 475 g/mol. The third-order valence-electron chi connectivity index (χ3n) is 5.92. The van der Waals surface area contributed by atoms with Crippen LogP contribution in [0.15, 0.2) is 77.3 Å². The molecule has 3 rings (SSSR count). The summed E-state index contributed by atoms with van der Waals surface area (Å²) in [5, 5.41) is 10.2. The Morgan fingerprint density at radius 3 is 2.17 bits per heavy atom. The highest BCUT2D eigenvalue weighted by molar-refractivity contribution is 6.06. The van der Waals surface area contributed by atoms with Gasteiger partial charge in [-0.3, -0.25) is 4.90 Å². The van der Waals surface area contributed by atoms with Gasteiger partial charge < -0.3 is 19.9 Å². The molecule has 1 atom stereocenters. The van der Waals surface area contributed by atoms with E-state index in [9.17, 15) is 14.9 Å². The largest absolute Gasteiger partial charge is 0.488 e. The van der Waals surface area contributed by atoms with Gasteiger partial charge in [-0.25, -0.2) is 9.59 Å². The van der Waals surface area contributed by atoms with E-state index < -0.39 is 17.9 Å². The van der Waals surface area contributed by atoms with Crippen LogP contribution in [-0.4, -0.2) is 32.3 Å². The first-order valence-corrected chi connectivity index (χ1v) is 11.3. The number of para-hydroxylation sites is 2. The Hall–Kier alpha value is -4.25. The van der Waals surface area contributed by atoms with Crippen molar-refractivity contribution >= 4 is 17.6 Å². The number of carbonyl (C=O) groups excluding carboxylic acids is 2. The number of esters is 2. The van der Waals surface area contributed by atoms with Crippen LogP contribution in [-0.2, 0) is 19.1 Å². The lowest BCUT2D eigenvalue weighted by Gasteiger charge is -2.36. The maximum atomic E-state index is 13.2. The quantitative estimate of drug-likeness (QED) is 0.566. The maximum Gasteiger partial charge on any atom is 0.355 e. The van der Waals surface area contributed by atoms with E-state index in [-0.39, 0.29) is 28.8 Å². The van der Waals surface area contributed by atoms with Gasteiger partial charge in [0.05, 0.1) is 49.1 Å². The SMILES string of the molecule is CCC(CC)Oc1ccccc1N1C(N)=C(C#N)C(c2ccccc2)C(C(=O)OC)=C1C(=O)OC. The summed E-state index contributed by atoms with van der Waals surface area (Å²) < 4.78 is 16.4. The van der Waals surface area contributed by atoms with Gasteiger partial charge in [0, 0.05) is 0 Å². The third-order valence-corrected chi connectivity index (χ3v) is 5.92. The molecular formula is C27H29N3O5. The Labute approximate surface area is 205 Å². The Morgan fingerprint density at radius 2 is 1.60 bits per heavy atom. The molecule has 182 valence electrons. The predicted molar refractivity (Wildman–Crippen MR) is 131 cm³/mol. The first kappa shape index (κ1) is 25.4. The fraction of sp³-hybridized carbons (Fsp3) is 0.296. The Morgan fingerprint density at radius 1 is 1.00 bits per heavy atom. The number of hydrogen-bond donors (Lipinski definition) is 1. The number of hydrogen-bond acceptors (Lipinski definition) is 8. The van der Waals surface area contributed by atoms with E-state index in [4.69, 9.17) is 19.9 Å². The molecule has 0 spiro atoms. The van der Waals surface area contributed by atoms with E-state index in [0.717, 1.165) is 12.8 Å². The number of carbonyl (C=O) groups is 2. The number of nitriles is 1. The van der Waals surface area contributed by atoms with E-state index >= 15 is 0 Å². The summed E-state index contributed by atoms with van der Waals surface area (Å²) >= 11 is 0. The van der Waals surface area contributed by atoms with E-state index in [1.807, 2.05) is 19.9 Å². The van der Waals surface area contributed by atoms with Gasteiger partial charge in [0.2, 0.25) is 0 Å². The summed E-state index contributed by atoms with van der Waals surface area (Å²) in [6, 6.07) is 18.0. The number of rotatable bonds is 8. The molecule has 8 nitrogen and oxygen atoms in total. The van der Waals surface area contributed by atoms with Crippen LogP contribution in [0.2, 0.25) is 0 Å². The summed E-state index contributed by atoms with van der Waals surface area (Å²) in [6.07, 6.45) is 1.45. The van der Waals surface area contributed by atoms with Crippen LogP contribution in [0.4, 0.5) is 5.69 Å². The molecule has 2 N–H and O–H groups in total. The highest BCUT2D eigenvalue weighted by atomic mass is 16.5. The number of methoxy groups -OCH3 is 2. The summed E-state index contributed by atoms with van der Waals surface area (Å²) in [4.78, 5) is 27.7. The number of allylic oxidation sites excluding steroid dienone is 1. The molecule has 1 aliphatic heterocycles. The van der Waals surface area contributed by atoms with Gasteiger partial charge in [-0.15, -0.1) is 0 Å². The molecule has 0 radical (unpaired) electrons. The molecule has 8 heteroatoms. The molecule has 0 saturated heterocycles. The minimum atomic E-state index is -0.925. The number of nitrogens with zero attached hydrogens (tertiary/aromatic N) is 2. The summed E-state index contributed by atoms with van der Waals surface area (Å²) in [6.45, 7) is 4.03. The number of ether oxygens (including phenoxy) is 3. The fourth-order valence-electron chi connectivity index (χ4n) is 4.14. The van der Waals surface area contributed by atoms with Gasteiger partial charge >= 0.3 is 11.9 Å². The van der Waals surface area contributed by atoms with Crippen molar-refractivity contribution in [3.05, 3.63) is 82.8 Å². The highest BCUT2D eigenvalue weighted by Crippen LogP contribution is 2.45. The van der Waals surface area contributed by atoms with Crippen LogP contribution < -0.4 is 15.4 Å². The average molecular weight is 476 g/mol. The van der Waals surface area contributed by atoms with Gasteiger partial charge in [0.15, 0.2) is 0 Å². The summed E-state index contributed by atoms with van der Waals surface area (Å²) in [7, 11) is 2.43. The molecule has 1 unspecified atom stereocenters. The summed E-state index contributed by atoms with van der Waals surface area (Å²) in [5.41, 5.74) is 7.50. The van der Waals surface area contributed by atoms with Gasteiger partial charge in [-0.05, 0) is 30.5 Å². The molecule has 1 heterocycles. The molecule has 0 bridgehead atoms. The molecule has 35 heavy (non-hydrogen) atoms. The van der Waals surface area contributed by atoms with Gasteiger partial charge in [-0.2, -0.15) is 5.26 Å². The van der Waals surface area contributed by atoms with Crippen molar-refractivity contribution in [3.8, 4) is 11.8 Å². The lowest BCUT2D eigenvalue weighted by Crippen LogP contribution is -2.41. The van der Waals surface area contributed by atoms with Gasteiger partial charge in [0.25, 0.3) is 0 Å². The molecular weight excluding hydrogens is 446 g/mol. The van der Waals surface area contributed by atoms with Crippen LogP contribution >= 0.6 is 0 Å². The highest BCUT2D eigenvalue weighted by Gasteiger charge is 2.43. The molecule has 1 aliphatic rings. The zero-order chi connectivity index (χ0) is 25.5. The fourth-order valence-corrected chi connectivity index (χ4v) is 4.14. The molecule has 0 saturated carbocycles. The maximum absolute atomic E-state index is 13.2. The molecule has 2 aromatic carbocycles. The number of nitrogens with two attached hydrogens (primary N) is 1. The van der Waals surface area contributed by atoms with E-state index in [2.05, 4.69) is 6.07 Å². The van der Waals surface area contributed by atoms with Crippen molar-refractivity contribution in [1.82, 2.24) is 0 Å². The van der Waals surface area contributed by atoms with Crippen molar-refractivity contribution < 1.29 is 23.8 Å². The third kappa shape index (κ3) is 4.85. The minimum Gasteiger partial charge on any atom is -0.488 e. The standard InChI is InChI=1S/C27H29N3O5/c1-5-18(6-2)35-21-15-11-10-14-20(21)30-24(27(32)34-4)23(26(31)33-3)22(19(16-28)25(30)29)17-12-8-7-9-13-17/h7-15,18,22H,5-6,29H2,1-4H3. The Bertz CT molecular complexity index is 1190. The topological polar surface area (TPSA) is 115 Å². The van der Waals surface area contributed by atoms with Crippen molar-refractivity contribution in [1.29, 1.82) is 5.26 Å². The first-order valence-electron chi connectivity index (χ1n) is 11.3. The van der Waals surface area contributed by atoms with Crippen molar-refractivity contribution in [2.24, 2.45) is 5.73 Å². The average Bonchev–Trinajstić information content (AvgIpc) is 2.90.